The predicted molar refractivity (Wildman–Crippen MR) is 116 cm³/mol. The maximum absolute atomic E-state index is 12.6. The molecule has 0 bridgehead atoms. The fourth-order valence-electron chi connectivity index (χ4n) is 2.71. The topological polar surface area (TPSA) is 104 Å². The SMILES string of the molecule is CNC(=O)c1ccc(NC(=O)c2cccc(NS(=O)(=O)c3ccc(C)cc3)c2)cc1. The molecule has 3 rings (SSSR count). The van der Waals surface area contributed by atoms with Crippen LogP contribution in [0, 0.1) is 6.92 Å². The molecule has 0 spiro atoms. The van der Waals surface area contributed by atoms with Crippen molar-refractivity contribution in [2.24, 2.45) is 0 Å². The number of nitrogens with one attached hydrogen (secondary N) is 3. The Balaban J connectivity index is 1.73. The minimum atomic E-state index is -3.77. The van der Waals surface area contributed by atoms with Crippen LogP contribution in [0.5, 0.6) is 0 Å². The van der Waals surface area contributed by atoms with Crippen molar-refractivity contribution in [2.75, 3.05) is 17.1 Å². The van der Waals surface area contributed by atoms with E-state index in [9.17, 15) is 18.0 Å². The number of anilines is 2. The van der Waals surface area contributed by atoms with Gasteiger partial charge in [0, 0.05) is 29.5 Å². The van der Waals surface area contributed by atoms with Gasteiger partial charge in [-0.15, -0.1) is 0 Å². The first-order valence-electron chi connectivity index (χ1n) is 9.11. The second-order valence-electron chi connectivity index (χ2n) is 6.61. The van der Waals surface area contributed by atoms with Gasteiger partial charge in [0.1, 0.15) is 0 Å². The van der Waals surface area contributed by atoms with Gasteiger partial charge in [-0.2, -0.15) is 0 Å². The zero-order chi connectivity index (χ0) is 21.7. The fraction of sp³-hybridized carbons (Fsp3) is 0.0909. The first kappa shape index (κ1) is 21.1. The summed E-state index contributed by atoms with van der Waals surface area (Å²) in [6, 6.07) is 19.1. The lowest BCUT2D eigenvalue weighted by molar-refractivity contribution is 0.0962. The molecule has 0 atom stereocenters. The molecule has 0 aromatic heterocycles. The molecule has 0 fully saturated rings. The molecule has 3 aromatic rings. The van der Waals surface area contributed by atoms with Crippen LogP contribution in [0.1, 0.15) is 26.3 Å². The van der Waals surface area contributed by atoms with Gasteiger partial charge in [0.15, 0.2) is 0 Å². The zero-order valence-corrected chi connectivity index (χ0v) is 17.3. The van der Waals surface area contributed by atoms with Crippen LogP contribution >= 0.6 is 0 Å². The maximum Gasteiger partial charge on any atom is 0.261 e. The highest BCUT2D eigenvalue weighted by Crippen LogP contribution is 2.19. The van der Waals surface area contributed by atoms with E-state index in [2.05, 4.69) is 15.4 Å². The van der Waals surface area contributed by atoms with Gasteiger partial charge in [-0.05, 0) is 61.5 Å². The molecular formula is C22H21N3O4S. The summed E-state index contributed by atoms with van der Waals surface area (Å²) in [5, 5.41) is 5.25. The van der Waals surface area contributed by atoms with E-state index in [1.807, 2.05) is 6.92 Å². The smallest absolute Gasteiger partial charge is 0.261 e. The summed E-state index contributed by atoms with van der Waals surface area (Å²) in [5.41, 5.74) is 2.50. The summed E-state index contributed by atoms with van der Waals surface area (Å²) in [5.74, 6) is -0.625. The molecule has 154 valence electrons. The molecule has 0 radical (unpaired) electrons. The largest absolute Gasteiger partial charge is 0.355 e. The van der Waals surface area contributed by atoms with Gasteiger partial charge in [0.25, 0.3) is 21.8 Å². The third kappa shape index (κ3) is 5.03. The third-order valence-corrected chi connectivity index (χ3v) is 5.74. The van der Waals surface area contributed by atoms with E-state index in [4.69, 9.17) is 0 Å². The van der Waals surface area contributed by atoms with Crippen LogP contribution in [-0.4, -0.2) is 27.3 Å². The number of sulfonamides is 1. The van der Waals surface area contributed by atoms with Gasteiger partial charge in [0.05, 0.1) is 4.90 Å². The minimum absolute atomic E-state index is 0.138. The van der Waals surface area contributed by atoms with E-state index in [0.717, 1.165) is 5.56 Å². The fourth-order valence-corrected chi connectivity index (χ4v) is 3.76. The molecule has 0 aliphatic rings. The number of aryl methyl sites for hydroxylation is 1. The van der Waals surface area contributed by atoms with E-state index in [-0.39, 0.29) is 22.1 Å². The Morgan fingerprint density at radius 2 is 1.43 bits per heavy atom. The van der Waals surface area contributed by atoms with Gasteiger partial charge in [0.2, 0.25) is 0 Å². The molecule has 0 unspecified atom stereocenters. The Morgan fingerprint density at radius 1 is 0.767 bits per heavy atom. The highest BCUT2D eigenvalue weighted by Gasteiger charge is 2.15. The Bertz CT molecular complexity index is 1170. The third-order valence-electron chi connectivity index (χ3n) is 4.34. The maximum atomic E-state index is 12.6. The van der Waals surface area contributed by atoms with Gasteiger partial charge < -0.3 is 10.6 Å². The summed E-state index contributed by atoms with van der Waals surface area (Å²) in [6.07, 6.45) is 0. The molecule has 3 aromatic carbocycles. The van der Waals surface area contributed by atoms with Crippen molar-refractivity contribution in [3.63, 3.8) is 0 Å². The van der Waals surface area contributed by atoms with Gasteiger partial charge >= 0.3 is 0 Å². The number of carbonyl (C=O) groups excluding carboxylic acids is 2. The first-order chi connectivity index (χ1) is 14.3. The lowest BCUT2D eigenvalue weighted by atomic mass is 10.1. The quantitative estimate of drug-likeness (QED) is 0.565. The van der Waals surface area contributed by atoms with Crippen molar-refractivity contribution in [3.05, 3.63) is 89.5 Å². The number of amides is 2. The minimum Gasteiger partial charge on any atom is -0.355 e. The monoisotopic (exact) mass is 423 g/mol. The molecular weight excluding hydrogens is 402 g/mol. The number of hydrogen-bond donors (Lipinski definition) is 3. The molecule has 0 saturated heterocycles. The Morgan fingerprint density at radius 3 is 2.07 bits per heavy atom. The second kappa shape index (κ2) is 8.79. The predicted octanol–water partition coefficient (Wildman–Crippen LogP) is 3.41. The van der Waals surface area contributed by atoms with Crippen molar-refractivity contribution in [2.45, 2.75) is 11.8 Å². The second-order valence-corrected chi connectivity index (χ2v) is 8.29. The lowest BCUT2D eigenvalue weighted by Crippen LogP contribution is -2.18. The Labute approximate surface area is 175 Å². The molecule has 0 saturated carbocycles. The van der Waals surface area contributed by atoms with Crippen molar-refractivity contribution in [3.8, 4) is 0 Å². The van der Waals surface area contributed by atoms with Crippen LogP contribution in [0.2, 0.25) is 0 Å². The van der Waals surface area contributed by atoms with E-state index in [0.29, 0.717) is 11.3 Å². The lowest BCUT2D eigenvalue weighted by Gasteiger charge is -2.10. The molecule has 8 heteroatoms. The number of rotatable bonds is 6. The van der Waals surface area contributed by atoms with Crippen LogP contribution in [0.15, 0.2) is 77.7 Å². The summed E-state index contributed by atoms with van der Waals surface area (Å²) < 4.78 is 27.6. The van der Waals surface area contributed by atoms with Crippen molar-refractivity contribution < 1.29 is 18.0 Å². The zero-order valence-electron chi connectivity index (χ0n) is 16.5. The molecule has 30 heavy (non-hydrogen) atoms. The van der Waals surface area contributed by atoms with E-state index in [1.54, 1.807) is 54.6 Å². The Hall–Kier alpha value is -3.65. The van der Waals surface area contributed by atoms with Crippen molar-refractivity contribution in [1.29, 1.82) is 0 Å². The Kier molecular flexibility index (Phi) is 6.17. The molecule has 3 N–H and O–H groups in total. The van der Waals surface area contributed by atoms with Gasteiger partial charge in [-0.3, -0.25) is 14.3 Å². The van der Waals surface area contributed by atoms with Crippen LogP contribution in [0.4, 0.5) is 11.4 Å². The first-order valence-corrected chi connectivity index (χ1v) is 10.6. The number of benzene rings is 3. The van der Waals surface area contributed by atoms with Gasteiger partial charge in [-0.25, -0.2) is 8.42 Å². The van der Waals surface area contributed by atoms with Crippen LogP contribution in [0.25, 0.3) is 0 Å². The summed E-state index contributed by atoms with van der Waals surface area (Å²) in [7, 11) is -2.23. The van der Waals surface area contributed by atoms with Crippen LogP contribution < -0.4 is 15.4 Å². The van der Waals surface area contributed by atoms with E-state index < -0.39 is 15.9 Å². The van der Waals surface area contributed by atoms with Crippen molar-refractivity contribution >= 4 is 33.2 Å². The molecule has 2 amide bonds. The molecule has 0 aliphatic heterocycles. The van der Waals surface area contributed by atoms with Crippen LogP contribution in [-0.2, 0) is 10.0 Å². The summed E-state index contributed by atoms with van der Waals surface area (Å²) >= 11 is 0. The highest BCUT2D eigenvalue weighted by molar-refractivity contribution is 7.92. The molecule has 7 nitrogen and oxygen atoms in total. The normalized spacial score (nSPS) is 10.9. The average molecular weight is 423 g/mol. The van der Waals surface area contributed by atoms with Crippen LogP contribution in [0.3, 0.4) is 0 Å². The average Bonchev–Trinajstić information content (AvgIpc) is 2.74. The van der Waals surface area contributed by atoms with E-state index in [1.165, 1.54) is 25.2 Å². The number of hydrogen-bond acceptors (Lipinski definition) is 4. The molecule has 0 heterocycles. The van der Waals surface area contributed by atoms with E-state index >= 15 is 0 Å². The van der Waals surface area contributed by atoms with Crippen molar-refractivity contribution in [1.82, 2.24) is 5.32 Å². The van der Waals surface area contributed by atoms with Gasteiger partial charge in [-0.1, -0.05) is 23.8 Å². The standard InChI is InChI=1S/C22H21N3O4S/c1-15-6-12-20(13-7-15)30(28,29)25-19-5-3-4-17(14-19)22(27)24-18-10-8-16(9-11-18)21(26)23-2/h3-14,25H,1-2H3,(H,23,26)(H,24,27). The highest BCUT2D eigenvalue weighted by atomic mass is 32.2. The summed E-state index contributed by atoms with van der Waals surface area (Å²) in [4.78, 5) is 24.3. The summed E-state index contributed by atoms with van der Waals surface area (Å²) in [6.45, 7) is 1.87. The molecule has 0 aliphatic carbocycles. The number of carbonyl (C=O) groups is 2.